The van der Waals surface area contributed by atoms with Crippen LogP contribution in [0.15, 0.2) is 35.2 Å². The fourth-order valence-corrected chi connectivity index (χ4v) is 2.96. The summed E-state index contributed by atoms with van der Waals surface area (Å²) in [5.74, 6) is -2.20. The summed E-state index contributed by atoms with van der Waals surface area (Å²) >= 11 is 1.49. The van der Waals surface area contributed by atoms with E-state index < -0.39 is 11.5 Å². The van der Waals surface area contributed by atoms with Gasteiger partial charge in [0.05, 0.1) is 0 Å². The molecule has 5 nitrogen and oxygen atoms in total. The average molecular weight is 315 g/mol. The Hall–Kier alpha value is -2.78. The van der Waals surface area contributed by atoms with E-state index in [9.17, 15) is 15.0 Å². The first-order valence-electron chi connectivity index (χ1n) is 6.39. The van der Waals surface area contributed by atoms with Crippen LogP contribution < -0.4 is 0 Å². The van der Waals surface area contributed by atoms with E-state index in [4.69, 9.17) is 10.4 Å². The maximum Gasteiger partial charge on any atom is 0.346 e. The van der Waals surface area contributed by atoms with Crippen molar-refractivity contribution in [3.05, 3.63) is 51.2 Å². The Morgan fingerprint density at radius 3 is 2.64 bits per heavy atom. The molecule has 0 saturated heterocycles. The number of aromatic hydroxyl groups is 2. The van der Waals surface area contributed by atoms with Gasteiger partial charge in [-0.25, -0.2) is 4.79 Å². The van der Waals surface area contributed by atoms with Crippen LogP contribution in [0.4, 0.5) is 0 Å². The smallest absolute Gasteiger partial charge is 0.346 e. The summed E-state index contributed by atoms with van der Waals surface area (Å²) in [5, 5.41) is 39.6. The summed E-state index contributed by atoms with van der Waals surface area (Å²) in [4.78, 5) is 11.9. The highest BCUT2D eigenvalue weighted by molar-refractivity contribution is 7.10. The molecule has 0 fully saturated rings. The second kappa shape index (κ2) is 6.33. The van der Waals surface area contributed by atoms with Crippen LogP contribution in [0.2, 0.25) is 0 Å². The molecule has 0 aliphatic carbocycles. The normalized spacial score (nSPS) is 12.6. The van der Waals surface area contributed by atoms with Gasteiger partial charge in [0.15, 0.2) is 11.5 Å². The molecular weight excluding hydrogens is 302 g/mol. The van der Waals surface area contributed by atoms with Crippen molar-refractivity contribution in [2.45, 2.75) is 12.8 Å². The number of nitrogens with zero attached hydrogens (tertiary/aromatic N) is 1. The quantitative estimate of drug-likeness (QED) is 0.456. The lowest BCUT2D eigenvalue weighted by Crippen LogP contribution is -2.01. The van der Waals surface area contributed by atoms with E-state index in [1.54, 1.807) is 6.07 Å². The van der Waals surface area contributed by atoms with Crippen molar-refractivity contribution >= 4 is 23.4 Å². The third kappa shape index (κ3) is 2.95. The van der Waals surface area contributed by atoms with Gasteiger partial charge in [0, 0.05) is 16.4 Å². The largest absolute Gasteiger partial charge is 0.504 e. The molecule has 3 N–H and O–H groups in total. The van der Waals surface area contributed by atoms with Gasteiger partial charge in [0.2, 0.25) is 0 Å². The van der Waals surface area contributed by atoms with Crippen LogP contribution in [0.25, 0.3) is 6.08 Å². The molecule has 0 bridgehead atoms. The van der Waals surface area contributed by atoms with Crippen LogP contribution in [-0.2, 0) is 4.79 Å². The zero-order valence-electron chi connectivity index (χ0n) is 11.6. The molecule has 2 aromatic rings. The molecule has 22 heavy (non-hydrogen) atoms. The zero-order valence-corrected chi connectivity index (χ0v) is 12.5. The molecule has 1 unspecified atom stereocenters. The number of carboxylic acid groups (broad SMARTS) is 1. The number of phenolic OH excluding ortho intramolecular Hbond substituents is 2. The SMILES string of the molecule is CC(c1cccs1)c1c(C=C(C#N)C(=O)O)ccc(O)c1O. The molecule has 0 amide bonds. The number of carbonyl (C=O) groups is 1. The molecule has 0 aliphatic heterocycles. The fourth-order valence-electron chi connectivity index (χ4n) is 2.17. The first-order chi connectivity index (χ1) is 10.5. The van der Waals surface area contributed by atoms with Crippen molar-refractivity contribution < 1.29 is 20.1 Å². The number of phenols is 2. The summed E-state index contributed by atoms with van der Waals surface area (Å²) < 4.78 is 0. The number of aliphatic carboxylic acids is 1. The second-order valence-electron chi connectivity index (χ2n) is 4.65. The van der Waals surface area contributed by atoms with Gasteiger partial charge in [-0.1, -0.05) is 19.1 Å². The van der Waals surface area contributed by atoms with E-state index in [-0.39, 0.29) is 17.4 Å². The molecule has 112 valence electrons. The molecule has 1 aromatic heterocycles. The van der Waals surface area contributed by atoms with Gasteiger partial charge in [0.1, 0.15) is 11.6 Å². The van der Waals surface area contributed by atoms with Gasteiger partial charge < -0.3 is 15.3 Å². The summed E-state index contributed by atoms with van der Waals surface area (Å²) in [5.41, 5.74) is 0.330. The van der Waals surface area contributed by atoms with Crippen molar-refractivity contribution in [1.82, 2.24) is 0 Å². The topological polar surface area (TPSA) is 102 Å². The van der Waals surface area contributed by atoms with E-state index in [0.717, 1.165) is 4.88 Å². The average Bonchev–Trinajstić information content (AvgIpc) is 3.01. The van der Waals surface area contributed by atoms with Gasteiger partial charge in [-0.2, -0.15) is 5.26 Å². The first-order valence-corrected chi connectivity index (χ1v) is 7.27. The molecule has 0 aliphatic rings. The Labute approximate surface area is 131 Å². The van der Waals surface area contributed by atoms with E-state index in [0.29, 0.717) is 11.1 Å². The standard InChI is InChI=1S/C16H13NO4S/c1-9(13-3-2-6-22-13)14-10(4-5-12(18)15(14)19)7-11(8-17)16(20)21/h2-7,9,18-19H,1H3,(H,20,21). The van der Waals surface area contributed by atoms with Crippen LogP contribution >= 0.6 is 11.3 Å². The molecule has 0 spiro atoms. The van der Waals surface area contributed by atoms with Gasteiger partial charge in [-0.3, -0.25) is 0 Å². The maximum atomic E-state index is 11.0. The Kier molecular flexibility index (Phi) is 4.49. The minimum atomic E-state index is -1.34. The van der Waals surface area contributed by atoms with Crippen molar-refractivity contribution in [1.29, 1.82) is 5.26 Å². The Morgan fingerprint density at radius 1 is 1.36 bits per heavy atom. The number of benzene rings is 1. The molecule has 1 atom stereocenters. The Bertz CT molecular complexity index is 772. The van der Waals surface area contributed by atoms with E-state index in [1.807, 2.05) is 24.4 Å². The predicted octanol–water partition coefficient (Wildman–Crippen LogP) is 3.30. The minimum Gasteiger partial charge on any atom is -0.504 e. The summed E-state index contributed by atoms with van der Waals surface area (Å²) in [6, 6.07) is 8.10. The third-order valence-corrected chi connectivity index (χ3v) is 4.34. The van der Waals surface area contributed by atoms with E-state index in [1.165, 1.54) is 29.5 Å². The highest BCUT2D eigenvalue weighted by Gasteiger charge is 2.20. The molecule has 1 aromatic carbocycles. The lowest BCUT2D eigenvalue weighted by Gasteiger charge is -2.16. The van der Waals surface area contributed by atoms with E-state index >= 15 is 0 Å². The second-order valence-corrected chi connectivity index (χ2v) is 5.63. The number of hydrogen-bond acceptors (Lipinski definition) is 5. The monoisotopic (exact) mass is 315 g/mol. The number of rotatable bonds is 4. The van der Waals surface area contributed by atoms with Crippen molar-refractivity contribution in [3.8, 4) is 17.6 Å². The minimum absolute atomic E-state index is 0.257. The third-order valence-electron chi connectivity index (χ3n) is 3.28. The summed E-state index contributed by atoms with van der Waals surface area (Å²) in [6.07, 6.45) is 1.20. The highest BCUT2D eigenvalue weighted by atomic mass is 32.1. The lowest BCUT2D eigenvalue weighted by atomic mass is 9.92. The number of carboxylic acids is 1. The van der Waals surface area contributed by atoms with Crippen LogP contribution in [-0.4, -0.2) is 21.3 Å². The van der Waals surface area contributed by atoms with Crippen LogP contribution in [0.5, 0.6) is 11.5 Å². The molecular formula is C16H13NO4S. The zero-order chi connectivity index (χ0) is 16.3. The fraction of sp³-hybridized carbons (Fsp3) is 0.125. The Balaban J connectivity index is 2.64. The van der Waals surface area contributed by atoms with Crippen molar-refractivity contribution in [2.24, 2.45) is 0 Å². The van der Waals surface area contributed by atoms with Gasteiger partial charge in [0.25, 0.3) is 0 Å². The summed E-state index contributed by atoms with van der Waals surface area (Å²) in [7, 11) is 0. The summed E-state index contributed by atoms with van der Waals surface area (Å²) in [6.45, 7) is 1.84. The van der Waals surface area contributed by atoms with Crippen molar-refractivity contribution in [2.75, 3.05) is 0 Å². The maximum absolute atomic E-state index is 11.0. The van der Waals surface area contributed by atoms with Crippen LogP contribution in [0.3, 0.4) is 0 Å². The highest BCUT2D eigenvalue weighted by Crippen LogP contribution is 2.41. The molecule has 0 radical (unpaired) electrons. The van der Waals surface area contributed by atoms with Gasteiger partial charge in [-0.15, -0.1) is 11.3 Å². The number of nitriles is 1. The number of thiophene rings is 1. The molecule has 1 heterocycles. The first kappa shape index (κ1) is 15.6. The predicted molar refractivity (Wildman–Crippen MR) is 82.8 cm³/mol. The van der Waals surface area contributed by atoms with Crippen LogP contribution in [0, 0.1) is 11.3 Å². The Morgan fingerprint density at radius 2 is 2.09 bits per heavy atom. The van der Waals surface area contributed by atoms with E-state index in [2.05, 4.69) is 0 Å². The lowest BCUT2D eigenvalue weighted by molar-refractivity contribution is -0.132. The molecule has 6 heteroatoms. The number of hydrogen-bond donors (Lipinski definition) is 3. The van der Waals surface area contributed by atoms with Gasteiger partial charge in [-0.05, 0) is 29.2 Å². The van der Waals surface area contributed by atoms with Crippen LogP contribution in [0.1, 0.15) is 28.8 Å². The van der Waals surface area contributed by atoms with Crippen molar-refractivity contribution in [3.63, 3.8) is 0 Å². The van der Waals surface area contributed by atoms with Gasteiger partial charge >= 0.3 is 5.97 Å². The molecule has 2 rings (SSSR count). The molecule has 0 saturated carbocycles.